The van der Waals surface area contributed by atoms with E-state index in [1.165, 1.54) is 6.20 Å². The van der Waals surface area contributed by atoms with E-state index in [4.69, 9.17) is 11.1 Å². The van der Waals surface area contributed by atoms with E-state index in [0.29, 0.717) is 11.5 Å². The first kappa shape index (κ1) is 10.4. The number of hydrogen-bond acceptors (Lipinski definition) is 4. The molecule has 0 saturated heterocycles. The smallest absolute Gasteiger partial charge is 0.144 e. The summed E-state index contributed by atoms with van der Waals surface area (Å²) >= 11 is 0. The monoisotopic (exact) mass is 193 g/mol. The van der Waals surface area contributed by atoms with Crippen molar-refractivity contribution in [2.24, 2.45) is 5.73 Å². The minimum Gasteiger partial charge on any atom is -0.382 e. The van der Waals surface area contributed by atoms with Crippen LogP contribution in [0.25, 0.3) is 0 Å². The fourth-order valence-corrected chi connectivity index (χ4v) is 0.916. The van der Waals surface area contributed by atoms with Gasteiger partial charge in [-0.25, -0.2) is 9.97 Å². The molecule has 1 aromatic heterocycles. The third-order valence-corrected chi connectivity index (χ3v) is 1.43. The van der Waals surface area contributed by atoms with Gasteiger partial charge in [-0.1, -0.05) is 0 Å². The summed E-state index contributed by atoms with van der Waals surface area (Å²) < 4.78 is 0. The number of nitrogens with zero attached hydrogens (tertiary/aromatic N) is 2. The SMILES string of the molecule is CC(C)(C)Nc1cnc(C(=N)N)cn1. The van der Waals surface area contributed by atoms with Gasteiger partial charge in [0.2, 0.25) is 0 Å². The summed E-state index contributed by atoms with van der Waals surface area (Å²) in [5.74, 6) is 0.613. The first-order valence-electron chi connectivity index (χ1n) is 4.33. The lowest BCUT2D eigenvalue weighted by atomic mass is 10.1. The van der Waals surface area contributed by atoms with Gasteiger partial charge in [0.25, 0.3) is 0 Å². The molecule has 1 aromatic rings. The van der Waals surface area contributed by atoms with Crippen molar-refractivity contribution in [2.75, 3.05) is 5.32 Å². The third kappa shape index (κ3) is 3.01. The fourth-order valence-electron chi connectivity index (χ4n) is 0.916. The molecule has 4 N–H and O–H groups in total. The molecule has 1 heterocycles. The van der Waals surface area contributed by atoms with E-state index in [0.717, 1.165) is 0 Å². The Kier molecular flexibility index (Phi) is 2.69. The molecular formula is C9H15N5. The molecule has 1 rings (SSSR count). The second kappa shape index (κ2) is 3.61. The van der Waals surface area contributed by atoms with Crippen LogP contribution in [-0.4, -0.2) is 21.3 Å². The highest BCUT2D eigenvalue weighted by Gasteiger charge is 2.10. The number of anilines is 1. The van der Waals surface area contributed by atoms with Gasteiger partial charge in [-0.15, -0.1) is 0 Å². The summed E-state index contributed by atoms with van der Waals surface area (Å²) in [4.78, 5) is 8.08. The van der Waals surface area contributed by atoms with Gasteiger partial charge < -0.3 is 11.1 Å². The zero-order chi connectivity index (χ0) is 10.8. The molecule has 0 saturated carbocycles. The second-order valence-corrected chi connectivity index (χ2v) is 4.08. The van der Waals surface area contributed by atoms with Crippen LogP contribution in [0.2, 0.25) is 0 Å². The van der Waals surface area contributed by atoms with E-state index in [2.05, 4.69) is 15.3 Å². The minimum absolute atomic E-state index is 0.0492. The average molecular weight is 193 g/mol. The van der Waals surface area contributed by atoms with Gasteiger partial charge in [-0.2, -0.15) is 0 Å². The molecule has 0 spiro atoms. The highest BCUT2D eigenvalue weighted by molar-refractivity contribution is 5.92. The van der Waals surface area contributed by atoms with Crippen LogP contribution in [0.15, 0.2) is 12.4 Å². The molecule has 5 heteroatoms. The minimum atomic E-state index is -0.0696. The van der Waals surface area contributed by atoms with E-state index in [9.17, 15) is 0 Å². The summed E-state index contributed by atoms with van der Waals surface area (Å²) in [7, 11) is 0. The van der Waals surface area contributed by atoms with E-state index < -0.39 is 0 Å². The summed E-state index contributed by atoms with van der Waals surface area (Å²) in [5.41, 5.74) is 5.60. The molecule has 5 nitrogen and oxygen atoms in total. The molecule has 0 aromatic carbocycles. The lowest BCUT2D eigenvalue weighted by molar-refractivity contribution is 0.629. The van der Waals surface area contributed by atoms with E-state index in [1.54, 1.807) is 6.20 Å². The number of rotatable bonds is 2. The van der Waals surface area contributed by atoms with Crippen LogP contribution in [0.4, 0.5) is 5.82 Å². The fraction of sp³-hybridized carbons (Fsp3) is 0.444. The van der Waals surface area contributed by atoms with Crippen molar-refractivity contribution in [3.63, 3.8) is 0 Å². The van der Waals surface area contributed by atoms with Crippen LogP contribution in [0.5, 0.6) is 0 Å². The summed E-state index contributed by atoms with van der Waals surface area (Å²) in [5, 5.41) is 10.3. The molecule has 76 valence electrons. The van der Waals surface area contributed by atoms with Gasteiger partial charge in [0.05, 0.1) is 12.4 Å². The van der Waals surface area contributed by atoms with Crippen molar-refractivity contribution in [1.82, 2.24) is 9.97 Å². The standard InChI is InChI=1S/C9H15N5/c1-9(2,3)14-7-5-12-6(4-13-7)8(10)11/h4-5H,1-3H3,(H3,10,11)(H,13,14). The summed E-state index contributed by atoms with van der Waals surface area (Å²) in [6.07, 6.45) is 3.05. The van der Waals surface area contributed by atoms with Crippen LogP contribution < -0.4 is 11.1 Å². The van der Waals surface area contributed by atoms with Crippen molar-refractivity contribution < 1.29 is 0 Å². The van der Waals surface area contributed by atoms with E-state index in [1.807, 2.05) is 20.8 Å². The summed E-state index contributed by atoms with van der Waals surface area (Å²) in [6.45, 7) is 6.11. The Bertz CT molecular complexity index is 322. The molecular weight excluding hydrogens is 178 g/mol. The molecule has 0 aliphatic heterocycles. The number of nitrogen functional groups attached to an aromatic ring is 1. The maximum atomic E-state index is 7.14. The maximum absolute atomic E-state index is 7.14. The van der Waals surface area contributed by atoms with Gasteiger partial charge in [0.1, 0.15) is 17.3 Å². The molecule has 0 fully saturated rings. The van der Waals surface area contributed by atoms with Gasteiger partial charge in [-0.05, 0) is 20.8 Å². The maximum Gasteiger partial charge on any atom is 0.144 e. The molecule has 0 atom stereocenters. The normalized spacial score (nSPS) is 11.1. The average Bonchev–Trinajstić information content (AvgIpc) is 2.02. The number of aromatic nitrogens is 2. The molecule has 0 amide bonds. The molecule has 14 heavy (non-hydrogen) atoms. The van der Waals surface area contributed by atoms with Crippen molar-refractivity contribution >= 4 is 11.7 Å². The van der Waals surface area contributed by atoms with Crippen LogP contribution in [0, 0.1) is 5.41 Å². The summed E-state index contributed by atoms with van der Waals surface area (Å²) in [6, 6.07) is 0. The Balaban J connectivity index is 2.79. The zero-order valence-electron chi connectivity index (χ0n) is 8.63. The Morgan fingerprint density at radius 3 is 2.36 bits per heavy atom. The Hall–Kier alpha value is -1.65. The van der Waals surface area contributed by atoms with Crippen molar-refractivity contribution in [3.8, 4) is 0 Å². The largest absolute Gasteiger partial charge is 0.382 e. The van der Waals surface area contributed by atoms with Crippen molar-refractivity contribution in [2.45, 2.75) is 26.3 Å². The molecule has 0 bridgehead atoms. The van der Waals surface area contributed by atoms with Gasteiger partial charge in [0, 0.05) is 5.54 Å². The highest BCUT2D eigenvalue weighted by Crippen LogP contribution is 2.09. The van der Waals surface area contributed by atoms with Crippen LogP contribution >= 0.6 is 0 Å². The van der Waals surface area contributed by atoms with Crippen LogP contribution in [-0.2, 0) is 0 Å². The Morgan fingerprint density at radius 1 is 1.36 bits per heavy atom. The number of amidine groups is 1. The molecule has 0 aliphatic rings. The number of nitrogens with one attached hydrogen (secondary N) is 2. The van der Waals surface area contributed by atoms with Crippen LogP contribution in [0.3, 0.4) is 0 Å². The predicted molar refractivity (Wildman–Crippen MR) is 56.4 cm³/mol. The van der Waals surface area contributed by atoms with E-state index >= 15 is 0 Å². The Labute approximate surface area is 83.3 Å². The Morgan fingerprint density at radius 2 is 2.00 bits per heavy atom. The van der Waals surface area contributed by atoms with Gasteiger partial charge in [-0.3, -0.25) is 5.41 Å². The van der Waals surface area contributed by atoms with E-state index in [-0.39, 0.29) is 11.4 Å². The first-order valence-corrected chi connectivity index (χ1v) is 4.33. The van der Waals surface area contributed by atoms with Gasteiger partial charge >= 0.3 is 0 Å². The quantitative estimate of drug-likeness (QED) is 0.482. The molecule has 0 unspecified atom stereocenters. The number of nitrogens with two attached hydrogens (primary N) is 1. The zero-order valence-corrected chi connectivity index (χ0v) is 8.63. The highest BCUT2D eigenvalue weighted by atomic mass is 15.1. The second-order valence-electron chi connectivity index (χ2n) is 4.08. The van der Waals surface area contributed by atoms with Gasteiger partial charge in [0.15, 0.2) is 0 Å². The number of hydrogen-bond donors (Lipinski definition) is 3. The van der Waals surface area contributed by atoms with Crippen molar-refractivity contribution in [3.05, 3.63) is 18.1 Å². The predicted octanol–water partition coefficient (Wildman–Crippen LogP) is 0.971. The third-order valence-electron chi connectivity index (χ3n) is 1.43. The van der Waals surface area contributed by atoms with Crippen molar-refractivity contribution in [1.29, 1.82) is 5.41 Å². The molecule has 0 radical (unpaired) electrons. The first-order chi connectivity index (χ1) is 6.38. The lowest BCUT2D eigenvalue weighted by Gasteiger charge is -2.20. The van der Waals surface area contributed by atoms with Crippen LogP contribution in [0.1, 0.15) is 26.5 Å². The molecule has 0 aliphatic carbocycles. The lowest BCUT2D eigenvalue weighted by Crippen LogP contribution is -2.27. The topological polar surface area (TPSA) is 87.7 Å².